The van der Waals surface area contributed by atoms with Crippen molar-refractivity contribution in [2.24, 2.45) is 19.8 Å². The third-order valence-corrected chi connectivity index (χ3v) is 6.88. The third kappa shape index (κ3) is 4.22. The Morgan fingerprint density at radius 3 is 2.41 bits per heavy atom. The Morgan fingerprint density at radius 2 is 1.78 bits per heavy atom. The van der Waals surface area contributed by atoms with Gasteiger partial charge in [-0.3, -0.25) is 9.13 Å². The van der Waals surface area contributed by atoms with Crippen LogP contribution >= 0.6 is 12.4 Å². The third-order valence-electron chi connectivity index (χ3n) is 4.98. The molecule has 2 heterocycles. The van der Waals surface area contributed by atoms with Crippen molar-refractivity contribution in [1.82, 2.24) is 13.4 Å². The van der Waals surface area contributed by atoms with Gasteiger partial charge in [-0.25, -0.2) is 13.2 Å². The molecular weight excluding hydrogens is 392 g/mol. The Bertz CT molecular complexity index is 946. The first-order chi connectivity index (χ1) is 12.4. The number of piperidine rings is 1. The molecule has 10 heteroatoms. The molecule has 1 fully saturated rings. The predicted octanol–water partition coefficient (Wildman–Crippen LogP) is 0.817. The van der Waals surface area contributed by atoms with E-state index in [2.05, 4.69) is 0 Å². The van der Waals surface area contributed by atoms with Crippen LogP contribution in [0.1, 0.15) is 19.3 Å². The number of benzene rings is 1. The second-order valence-electron chi connectivity index (χ2n) is 6.67. The minimum absolute atomic E-state index is 0. The van der Waals surface area contributed by atoms with Crippen molar-refractivity contribution < 1.29 is 13.2 Å². The molecule has 1 aromatic carbocycles. The van der Waals surface area contributed by atoms with E-state index >= 15 is 0 Å². The Hall–Kier alpha value is -1.39. The van der Waals surface area contributed by atoms with Crippen molar-refractivity contribution in [2.45, 2.75) is 30.3 Å². The molecule has 1 aromatic heterocycles. The largest absolute Gasteiger partial charge is 0.378 e. The number of nitrogens with zero attached hydrogens (tertiary/aromatic N) is 3. The van der Waals surface area contributed by atoms with Gasteiger partial charge in [0.05, 0.1) is 22.0 Å². The van der Waals surface area contributed by atoms with Gasteiger partial charge >= 0.3 is 5.69 Å². The van der Waals surface area contributed by atoms with Gasteiger partial charge in [-0.05, 0) is 44.0 Å². The number of aromatic nitrogens is 2. The molecule has 0 aliphatic carbocycles. The van der Waals surface area contributed by atoms with Crippen molar-refractivity contribution in [2.75, 3.05) is 26.2 Å². The van der Waals surface area contributed by atoms with Crippen molar-refractivity contribution in [3.8, 4) is 0 Å². The molecule has 0 unspecified atom stereocenters. The molecule has 0 spiro atoms. The standard InChI is InChI=1S/C17H26N4O4S.ClH/c1-19-15-5-4-14(12-16(15)20(2)17(19)22)26(23,24)21-9-6-13(7-10-21)25-11-3-8-18;/h4-5,12-13H,3,6-11,18H2,1-2H3;1H. The maximum Gasteiger partial charge on any atom is 0.328 e. The number of hydrogen-bond donors (Lipinski definition) is 1. The van der Waals surface area contributed by atoms with Crippen LogP contribution in [0.2, 0.25) is 0 Å². The summed E-state index contributed by atoms with van der Waals surface area (Å²) < 4.78 is 36.2. The Kier molecular flexibility index (Phi) is 7.09. The zero-order valence-electron chi connectivity index (χ0n) is 15.6. The SMILES string of the molecule is Cl.Cn1c(=O)n(C)c2cc(S(=O)(=O)N3CCC(OCCCN)CC3)ccc21. The quantitative estimate of drug-likeness (QED) is 0.700. The summed E-state index contributed by atoms with van der Waals surface area (Å²) in [5, 5.41) is 0. The normalized spacial score (nSPS) is 16.6. The lowest BCUT2D eigenvalue weighted by Gasteiger charge is -2.31. The lowest BCUT2D eigenvalue weighted by Crippen LogP contribution is -2.41. The van der Waals surface area contributed by atoms with E-state index in [0.717, 1.165) is 6.42 Å². The van der Waals surface area contributed by atoms with Crippen LogP contribution in [-0.2, 0) is 28.9 Å². The summed E-state index contributed by atoms with van der Waals surface area (Å²) in [7, 11) is -0.270. The molecular formula is C17H27ClN4O4S. The highest BCUT2D eigenvalue weighted by Gasteiger charge is 2.30. The Morgan fingerprint density at radius 1 is 1.15 bits per heavy atom. The molecule has 1 aliphatic heterocycles. The highest BCUT2D eigenvalue weighted by atomic mass is 35.5. The first-order valence-corrected chi connectivity index (χ1v) is 10.3. The number of imidazole rings is 1. The summed E-state index contributed by atoms with van der Waals surface area (Å²) in [6, 6.07) is 4.84. The summed E-state index contributed by atoms with van der Waals surface area (Å²) in [6.07, 6.45) is 2.26. The van der Waals surface area contributed by atoms with E-state index in [1.54, 1.807) is 32.3 Å². The van der Waals surface area contributed by atoms with E-state index in [1.807, 2.05) is 0 Å². The number of nitrogens with two attached hydrogens (primary N) is 1. The van der Waals surface area contributed by atoms with Gasteiger partial charge in [0.2, 0.25) is 10.0 Å². The van der Waals surface area contributed by atoms with Crippen LogP contribution in [0.4, 0.5) is 0 Å². The molecule has 8 nitrogen and oxygen atoms in total. The zero-order valence-corrected chi connectivity index (χ0v) is 17.3. The average Bonchev–Trinajstić information content (AvgIpc) is 2.86. The second-order valence-corrected chi connectivity index (χ2v) is 8.61. The number of fused-ring (bicyclic) bond motifs is 1. The molecule has 1 saturated heterocycles. The first-order valence-electron chi connectivity index (χ1n) is 8.83. The van der Waals surface area contributed by atoms with Gasteiger partial charge < -0.3 is 10.5 Å². The first kappa shape index (κ1) is 21.9. The summed E-state index contributed by atoms with van der Waals surface area (Å²) >= 11 is 0. The topological polar surface area (TPSA) is 99.6 Å². The molecule has 0 radical (unpaired) electrons. The van der Waals surface area contributed by atoms with E-state index in [-0.39, 0.29) is 29.1 Å². The lowest BCUT2D eigenvalue weighted by molar-refractivity contribution is 0.0209. The van der Waals surface area contributed by atoms with Gasteiger partial charge in [0.15, 0.2) is 0 Å². The molecule has 0 bridgehead atoms. The van der Waals surface area contributed by atoms with Gasteiger partial charge in [-0.15, -0.1) is 12.4 Å². The van der Waals surface area contributed by atoms with E-state index in [1.165, 1.54) is 13.4 Å². The fourth-order valence-electron chi connectivity index (χ4n) is 3.37. The van der Waals surface area contributed by atoms with Crippen molar-refractivity contribution in [3.63, 3.8) is 0 Å². The van der Waals surface area contributed by atoms with Gasteiger partial charge in [-0.2, -0.15) is 4.31 Å². The Balaban J connectivity index is 0.00000261. The summed E-state index contributed by atoms with van der Waals surface area (Å²) in [4.78, 5) is 12.3. The molecule has 27 heavy (non-hydrogen) atoms. The number of rotatable bonds is 6. The lowest BCUT2D eigenvalue weighted by atomic mass is 10.1. The van der Waals surface area contributed by atoms with E-state index in [4.69, 9.17) is 10.5 Å². The predicted molar refractivity (Wildman–Crippen MR) is 107 cm³/mol. The number of halogens is 1. The minimum Gasteiger partial charge on any atom is -0.378 e. The van der Waals surface area contributed by atoms with E-state index < -0.39 is 10.0 Å². The Labute approximate surface area is 165 Å². The summed E-state index contributed by atoms with van der Waals surface area (Å²) in [6.45, 7) is 2.08. The van der Waals surface area contributed by atoms with Gasteiger partial charge in [0.25, 0.3) is 0 Å². The molecule has 1 aliphatic rings. The summed E-state index contributed by atoms with van der Waals surface area (Å²) in [5.41, 5.74) is 6.60. The van der Waals surface area contributed by atoms with Crippen molar-refractivity contribution >= 4 is 33.5 Å². The molecule has 152 valence electrons. The fraction of sp³-hybridized carbons (Fsp3) is 0.588. The maximum atomic E-state index is 13.0. The van der Waals surface area contributed by atoms with Crippen molar-refractivity contribution in [3.05, 3.63) is 28.7 Å². The summed E-state index contributed by atoms with van der Waals surface area (Å²) in [5.74, 6) is 0. The number of hydrogen-bond acceptors (Lipinski definition) is 5. The van der Waals surface area contributed by atoms with Crippen LogP contribution in [0.25, 0.3) is 11.0 Å². The van der Waals surface area contributed by atoms with E-state index in [0.29, 0.717) is 50.1 Å². The van der Waals surface area contributed by atoms with Crippen LogP contribution in [0.15, 0.2) is 27.9 Å². The number of aryl methyl sites for hydroxylation is 2. The highest BCUT2D eigenvalue weighted by molar-refractivity contribution is 7.89. The number of sulfonamides is 1. The van der Waals surface area contributed by atoms with Crippen LogP contribution in [0.3, 0.4) is 0 Å². The van der Waals surface area contributed by atoms with Crippen LogP contribution in [0, 0.1) is 0 Å². The molecule has 0 saturated carbocycles. The maximum absolute atomic E-state index is 13.0. The highest BCUT2D eigenvalue weighted by Crippen LogP contribution is 2.24. The monoisotopic (exact) mass is 418 g/mol. The minimum atomic E-state index is -3.59. The molecule has 0 amide bonds. The molecule has 3 rings (SSSR count). The van der Waals surface area contributed by atoms with Gasteiger partial charge in [0, 0.05) is 33.8 Å². The number of ether oxygens (including phenoxy) is 1. The van der Waals surface area contributed by atoms with Crippen LogP contribution in [0.5, 0.6) is 0 Å². The molecule has 2 aromatic rings. The zero-order chi connectivity index (χ0) is 18.9. The van der Waals surface area contributed by atoms with Gasteiger partial charge in [-0.1, -0.05) is 0 Å². The smallest absolute Gasteiger partial charge is 0.328 e. The van der Waals surface area contributed by atoms with Gasteiger partial charge in [0.1, 0.15) is 0 Å². The average molecular weight is 419 g/mol. The molecule has 2 N–H and O–H groups in total. The van der Waals surface area contributed by atoms with E-state index in [9.17, 15) is 13.2 Å². The molecule has 0 atom stereocenters. The second kappa shape index (κ2) is 8.74. The van der Waals surface area contributed by atoms with Crippen molar-refractivity contribution in [1.29, 1.82) is 0 Å². The van der Waals surface area contributed by atoms with Crippen LogP contribution < -0.4 is 11.4 Å². The fourth-order valence-corrected chi connectivity index (χ4v) is 4.86. The van der Waals surface area contributed by atoms with Crippen LogP contribution in [-0.4, -0.2) is 54.2 Å².